The van der Waals surface area contributed by atoms with Gasteiger partial charge >= 0.3 is 5.97 Å². The molecule has 2 aromatic carbocycles. The number of carboxylic acid groups (broad SMARTS) is 1. The first-order valence-corrected chi connectivity index (χ1v) is 8.89. The van der Waals surface area contributed by atoms with E-state index in [1.807, 2.05) is 0 Å². The van der Waals surface area contributed by atoms with Crippen molar-refractivity contribution in [3.63, 3.8) is 0 Å². The fourth-order valence-electron chi connectivity index (χ4n) is 2.36. The van der Waals surface area contributed by atoms with Crippen LogP contribution in [0.5, 0.6) is 0 Å². The molecule has 0 bridgehead atoms. The molecule has 0 fully saturated rings. The highest BCUT2D eigenvalue weighted by Gasteiger charge is 2.18. The van der Waals surface area contributed by atoms with Crippen LogP contribution in [0.4, 0.5) is 0 Å². The number of fused-ring (bicyclic) bond motifs is 3. The molecule has 0 aliphatic heterocycles. The van der Waals surface area contributed by atoms with E-state index in [0.29, 0.717) is 10.9 Å². The highest BCUT2D eigenvalue weighted by molar-refractivity contribution is 7.89. The Morgan fingerprint density at radius 1 is 1.23 bits per heavy atom. The highest BCUT2D eigenvalue weighted by Crippen LogP contribution is 2.40. The summed E-state index contributed by atoms with van der Waals surface area (Å²) in [5.74, 6) is -0.907. The summed E-state index contributed by atoms with van der Waals surface area (Å²) in [7, 11) is -3.90. The number of sulfonamides is 1. The maximum atomic E-state index is 11.6. The molecule has 0 aliphatic rings. The first kappa shape index (κ1) is 15.2. The van der Waals surface area contributed by atoms with Gasteiger partial charge in [-0.1, -0.05) is 23.7 Å². The summed E-state index contributed by atoms with van der Waals surface area (Å²) < 4.78 is 24.8. The Morgan fingerprint density at radius 2 is 1.95 bits per heavy atom. The van der Waals surface area contributed by atoms with E-state index in [-0.39, 0.29) is 16.3 Å². The van der Waals surface area contributed by atoms with Crippen molar-refractivity contribution in [1.82, 2.24) is 0 Å². The molecule has 5 nitrogen and oxygen atoms in total. The minimum atomic E-state index is -3.90. The molecule has 0 saturated heterocycles. The second kappa shape index (κ2) is 5.20. The molecule has 0 radical (unpaired) electrons. The van der Waals surface area contributed by atoms with Crippen LogP contribution in [0.2, 0.25) is 5.02 Å². The zero-order valence-corrected chi connectivity index (χ0v) is 13.4. The van der Waals surface area contributed by atoms with Gasteiger partial charge in [-0.15, -0.1) is 11.3 Å². The lowest BCUT2D eigenvalue weighted by Crippen LogP contribution is -2.12. The van der Waals surface area contributed by atoms with Gasteiger partial charge in [0.25, 0.3) is 0 Å². The van der Waals surface area contributed by atoms with Gasteiger partial charge in [0, 0.05) is 20.2 Å². The molecule has 3 rings (SSSR count). The Balaban J connectivity index is 2.31. The lowest BCUT2D eigenvalue weighted by atomic mass is 10.1. The molecule has 0 amide bonds. The van der Waals surface area contributed by atoms with E-state index < -0.39 is 16.0 Å². The van der Waals surface area contributed by atoms with E-state index >= 15 is 0 Å². The third kappa shape index (κ3) is 2.56. The smallest absolute Gasteiger partial charge is 0.307 e. The second-order valence-electron chi connectivity index (χ2n) is 4.80. The average molecular weight is 356 g/mol. The number of hydrogen-bond donors (Lipinski definition) is 2. The van der Waals surface area contributed by atoms with E-state index in [1.54, 1.807) is 24.3 Å². The standard InChI is InChI=1S/C14H10ClNO4S2/c15-14-11(22(16,19)20)4-3-9-13(14)8-2-1-7(6-12(17)18)5-10(8)21-9/h1-5H,6H2,(H,17,18)(H2,16,19,20). The third-order valence-corrected chi connectivity index (χ3v) is 5.84. The number of halogens is 1. The second-order valence-corrected chi connectivity index (χ2v) is 7.79. The normalized spacial score (nSPS) is 12.1. The van der Waals surface area contributed by atoms with Crippen LogP contribution in [-0.2, 0) is 21.2 Å². The van der Waals surface area contributed by atoms with Crippen molar-refractivity contribution in [1.29, 1.82) is 0 Å². The Labute approximate surface area is 135 Å². The lowest BCUT2D eigenvalue weighted by molar-refractivity contribution is -0.136. The van der Waals surface area contributed by atoms with Crippen molar-refractivity contribution in [3.05, 3.63) is 40.9 Å². The van der Waals surface area contributed by atoms with Crippen molar-refractivity contribution < 1.29 is 18.3 Å². The van der Waals surface area contributed by atoms with Crippen LogP contribution in [0.25, 0.3) is 20.2 Å². The summed E-state index contributed by atoms with van der Waals surface area (Å²) in [6.45, 7) is 0. The molecule has 3 aromatic rings. The Kier molecular flexibility index (Phi) is 3.60. The van der Waals surface area contributed by atoms with Crippen LogP contribution in [0.15, 0.2) is 35.2 Å². The molecular weight excluding hydrogens is 346 g/mol. The summed E-state index contributed by atoms with van der Waals surface area (Å²) in [5, 5.41) is 15.5. The number of carboxylic acids is 1. The van der Waals surface area contributed by atoms with Crippen LogP contribution >= 0.6 is 22.9 Å². The minimum Gasteiger partial charge on any atom is -0.481 e. The number of hydrogen-bond acceptors (Lipinski definition) is 4. The van der Waals surface area contributed by atoms with Gasteiger partial charge in [0.2, 0.25) is 10.0 Å². The first-order chi connectivity index (χ1) is 10.3. The summed E-state index contributed by atoms with van der Waals surface area (Å²) in [6.07, 6.45) is -0.0691. The van der Waals surface area contributed by atoms with Crippen LogP contribution in [0, 0.1) is 0 Å². The average Bonchev–Trinajstić information content (AvgIpc) is 2.74. The van der Waals surface area contributed by atoms with Crippen LogP contribution in [0.1, 0.15) is 5.56 Å². The van der Waals surface area contributed by atoms with Gasteiger partial charge in [-0.05, 0) is 23.8 Å². The van der Waals surface area contributed by atoms with E-state index in [4.69, 9.17) is 21.8 Å². The molecule has 0 unspecified atom stereocenters. The first-order valence-electron chi connectivity index (χ1n) is 6.15. The van der Waals surface area contributed by atoms with Gasteiger partial charge in [0.15, 0.2) is 0 Å². The van der Waals surface area contributed by atoms with E-state index in [1.165, 1.54) is 17.4 Å². The number of carbonyl (C=O) groups is 1. The van der Waals surface area contributed by atoms with Gasteiger partial charge in [-0.25, -0.2) is 13.6 Å². The largest absolute Gasteiger partial charge is 0.481 e. The van der Waals surface area contributed by atoms with Gasteiger partial charge in [0.05, 0.1) is 11.4 Å². The van der Waals surface area contributed by atoms with E-state index in [9.17, 15) is 13.2 Å². The zero-order chi connectivity index (χ0) is 16.1. The molecule has 0 spiro atoms. The van der Waals surface area contributed by atoms with Gasteiger partial charge in [-0.3, -0.25) is 4.79 Å². The van der Waals surface area contributed by atoms with Gasteiger partial charge < -0.3 is 5.11 Å². The van der Waals surface area contributed by atoms with Crippen LogP contribution in [0.3, 0.4) is 0 Å². The van der Waals surface area contributed by atoms with Crippen molar-refractivity contribution >= 4 is 59.1 Å². The minimum absolute atomic E-state index is 0.0691. The van der Waals surface area contributed by atoms with Crippen LogP contribution in [-0.4, -0.2) is 19.5 Å². The number of nitrogens with two attached hydrogens (primary N) is 1. The number of primary sulfonamides is 1. The summed E-state index contributed by atoms with van der Waals surface area (Å²) >= 11 is 7.65. The monoisotopic (exact) mass is 355 g/mol. The third-order valence-electron chi connectivity index (χ3n) is 3.27. The van der Waals surface area contributed by atoms with E-state index in [0.717, 1.165) is 14.8 Å². The number of aliphatic carboxylic acids is 1. The molecule has 3 N–H and O–H groups in total. The summed E-state index contributed by atoms with van der Waals surface area (Å²) in [4.78, 5) is 10.7. The number of thiophene rings is 1. The van der Waals surface area contributed by atoms with Gasteiger partial charge in [-0.2, -0.15) is 0 Å². The quantitative estimate of drug-likeness (QED) is 0.754. The summed E-state index contributed by atoms with van der Waals surface area (Å²) in [5.41, 5.74) is 0.675. The molecule has 1 heterocycles. The van der Waals surface area contributed by atoms with Crippen molar-refractivity contribution in [2.24, 2.45) is 5.14 Å². The van der Waals surface area contributed by atoms with E-state index in [2.05, 4.69) is 0 Å². The topological polar surface area (TPSA) is 97.5 Å². The molecular formula is C14H10ClNO4S2. The maximum absolute atomic E-state index is 11.6. The summed E-state index contributed by atoms with van der Waals surface area (Å²) in [6, 6.07) is 8.27. The molecule has 0 saturated carbocycles. The Morgan fingerprint density at radius 3 is 2.59 bits per heavy atom. The van der Waals surface area contributed by atoms with Crippen molar-refractivity contribution in [2.45, 2.75) is 11.3 Å². The molecule has 0 atom stereocenters. The predicted octanol–water partition coefficient (Wildman–Crippen LogP) is 2.98. The molecule has 8 heteroatoms. The Bertz CT molecular complexity index is 1020. The predicted molar refractivity (Wildman–Crippen MR) is 87.1 cm³/mol. The molecule has 114 valence electrons. The van der Waals surface area contributed by atoms with Gasteiger partial charge in [0.1, 0.15) is 4.90 Å². The Hall–Kier alpha value is -1.67. The fourth-order valence-corrected chi connectivity index (χ4v) is 4.79. The van der Waals surface area contributed by atoms with Crippen molar-refractivity contribution in [2.75, 3.05) is 0 Å². The number of rotatable bonds is 3. The maximum Gasteiger partial charge on any atom is 0.307 e. The number of benzene rings is 2. The van der Waals surface area contributed by atoms with Crippen molar-refractivity contribution in [3.8, 4) is 0 Å². The zero-order valence-electron chi connectivity index (χ0n) is 11.0. The fraction of sp³-hybridized carbons (Fsp3) is 0.0714. The SMILES string of the molecule is NS(=O)(=O)c1ccc2sc3cc(CC(=O)O)ccc3c2c1Cl. The lowest BCUT2D eigenvalue weighted by Gasteiger charge is -2.03. The molecule has 0 aliphatic carbocycles. The molecule has 22 heavy (non-hydrogen) atoms. The van der Waals surface area contributed by atoms with Crippen LogP contribution < -0.4 is 5.14 Å². The highest BCUT2D eigenvalue weighted by atomic mass is 35.5. The molecule has 1 aromatic heterocycles.